The Morgan fingerprint density at radius 3 is 2.90 bits per heavy atom. The van der Waals surface area contributed by atoms with Crippen molar-refractivity contribution in [3.05, 3.63) is 23.2 Å². The lowest BCUT2D eigenvalue weighted by Gasteiger charge is -2.08. The average molecular weight is 410 g/mol. The van der Waals surface area contributed by atoms with Crippen LogP contribution in [0.4, 0.5) is 5.69 Å². The average Bonchev–Trinajstić information content (AvgIpc) is 3.07. The summed E-state index contributed by atoms with van der Waals surface area (Å²) in [6, 6.07) is 5.83. The third kappa shape index (κ3) is 4.70. The summed E-state index contributed by atoms with van der Waals surface area (Å²) in [5.41, 5.74) is 6.71. The first-order chi connectivity index (χ1) is 9.13. The first kappa shape index (κ1) is 17.4. The van der Waals surface area contributed by atoms with Crippen LogP contribution in [0.25, 0.3) is 0 Å². The van der Waals surface area contributed by atoms with E-state index in [-0.39, 0.29) is 24.0 Å². The quantitative estimate of drug-likeness (QED) is 0.441. The topological polar surface area (TPSA) is 59.6 Å². The lowest BCUT2D eigenvalue weighted by Crippen LogP contribution is -2.23. The van der Waals surface area contributed by atoms with Crippen molar-refractivity contribution in [3.8, 4) is 5.75 Å². The Labute approximate surface area is 142 Å². The molecule has 3 N–H and O–H groups in total. The third-order valence-electron chi connectivity index (χ3n) is 3.27. The van der Waals surface area contributed by atoms with E-state index in [4.69, 9.17) is 22.1 Å². The predicted octanol–water partition coefficient (Wildman–Crippen LogP) is 3.88. The SMILES string of the molecule is CCCC1CC1N=C(N)Nc1ccc(OC)c(Cl)c1.I. The summed E-state index contributed by atoms with van der Waals surface area (Å²) in [6.45, 7) is 2.19. The molecule has 0 radical (unpaired) electrons. The molecule has 20 heavy (non-hydrogen) atoms. The number of halogens is 2. The molecule has 6 heteroatoms. The highest BCUT2D eigenvalue weighted by atomic mass is 127. The number of nitrogens with zero attached hydrogens (tertiary/aromatic N) is 1. The fourth-order valence-corrected chi connectivity index (χ4v) is 2.43. The number of ether oxygens (including phenoxy) is 1. The lowest BCUT2D eigenvalue weighted by molar-refractivity contribution is 0.415. The number of nitrogens with two attached hydrogens (primary N) is 1. The van der Waals surface area contributed by atoms with Gasteiger partial charge in [0, 0.05) is 5.69 Å². The molecule has 0 amide bonds. The van der Waals surface area contributed by atoms with Crippen LogP contribution in [0.5, 0.6) is 5.75 Å². The van der Waals surface area contributed by atoms with Crippen LogP contribution in [-0.4, -0.2) is 19.1 Å². The van der Waals surface area contributed by atoms with Gasteiger partial charge in [-0.15, -0.1) is 24.0 Å². The zero-order valence-electron chi connectivity index (χ0n) is 11.7. The monoisotopic (exact) mass is 409 g/mol. The van der Waals surface area contributed by atoms with E-state index < -0.39 is 0 Å². The molecular formula is C14H21ClIN3O. The van der Waals surface area contributed by atoms with E-state index in [0.29, 0.717) is 28.7 Å². The fraction of sp³-hybridized carbons (Fsp3) is 0.500. The van der Waals surface area contributed by atoms with Crippen molar-refractivity contribution in [1.29, 1.82) is 0 Å². The van der Waals surface area contributed by atoms with Gasteiger partial charge in [-0.2, -0.15) is 0 Å². The van der Waals surface area contributed by atoms with Crippen LogP contribution in [0.1, 0.15) is 26.2 Å². The highest BCUT2D eigenvalue weighted by Crippen LogP contribution is 2.37. The molecule has 2 unspecified atom stereocenters. The molecule has 2 atom stereocenters. The lowest BCUT2D eigenvalue weighted by atomic mass is 10.2. The summed E-state index contributed by atoms with van der Waals surface area (Å²) in [6.07, 6.45) is 3.59. The number of nitrogens with one attached hydrogen (secondary N) is 1. The maximum atomic E-state index is 6.05. The molecule has 112 valence electrons. The van der Waals surface area contributed by atoms with E-state index in [1.54, 1.807) is 19.2 Å². The van der Waals surface area contributed by atoms with E-state index in [1.807, 2.05) is 6.07 Å². The van der Waals surface area contributed by atoms with Crippen molar-refractivity contribution in [2.75, 3.05) is 12.4 Å². The third-order valence-corrected chi connectivity index (χ3v) is 3.57. The second-order valence-corrected chi connectivity index (χ2v) is 5.25. The molecule has 0 saturated heterocycles. The Hall–Kier alpha value is -0.690. The van der Waals surface area contributed by atoms with Crippen molar-refractivity contribution in [1.82, 2.24) is 0 Å². The van der Waals surface area contributed by atoms with Gasteiger partial charge in [-0.05, 0) is 37.0 Å². The fourth-order valence-electron chi connectivity index (χ4n) is 2.17. The van der Waals surface area contributed by atoms with Gasteiger partial charge >= 0.3 is 0 Å². The molecule has 0 bridgehead atoms. The smallest absolute Gasteiger partial charge is 0.193 e. The van der Waals surface area contributed by atoms with Crippen LogP contribution in [-0.2, 0) is 0 Å². The molecule has 1 aliphatic rings. The number of methoxy groups -OCH3 is 1. The van der Waals surface area contributed by atoms with Gasteiger partial charge in [0.1, 0.15) is 5.75 Å². The highest BCUT2D eigenvalue weighted by molar-refractivity contribution is 14.0. The zero-order chi connectivity index (χ0) is 13.8. The zero-order valence-corrected chi connectivity index (χ0v) is 14.8. The van der Waals surface area contributed by atoms with Gasteiger partial charge in [-0.25, -0.2) is 4.99 Å². The summed E-state index contributed by atoms with van der Waals surface area (Å²) >= 11 is 6.05. The molecule has 0 aromatic heterocycles. The first-order valence-electron chi connectivity index (χ1n) is 6.58. The molecule has 1 aliphatic carbocycles. The number of guanidine groups is 1. The van der Waals surface area contributed by atoms with Crippen LogP contribution >= 0.6 is 35.6 Å². The molecule has 4 nitrogen and oxygen atoms in total. The van der Waals surface area contributed by atoms with Crippen molar-refractivity contribution in [2.45, 2.75) is 32.2 Å². The summed E-state index contributed by atoms with van der Waals surface area (Å²) in [5, 5.41) is 3.61. The van der Waals surface area contributed by atoms with Gasteiger partial charge < -0.3 is 15.8 Å². The maximum Gasteiger partial charge on any atom is 0.193 e. The molecule has 0 heterocycles. The molecule has 0 aliphatic heterocycles. The summed E-state index contributed by atoms with van der Waals surface area (Å²) in [5.74, 6) is 1.81. The standard InChI is InChI=1S/C14H20ClN3O.HI/c1-3-4-9-7-12(9)18-14(16)17-10-5-6-13(19-2)11(15)8-10;/h5-6,8-9,12H,3-4,7H2,1-2H3,(H3,16,17,18);1H. The summed E-state index contributed by atoms with van der Waals surface area (Å²) < 4.78 is 5.10. The highest BCUT2D eigenvalue weighted by Gasteiger charge is 2.35. The van der Waals surface area contributed by atoms with Crippen LogP contribution in [0, 0.1) is 5.92 Å². The van der Waals surface area contributed by atoms with Crippen molar-refractivity contribution in [3.63, 3.8) is 0 Å². The number of aliphatic imine (C=N–C) groups is 1. The minimum atomic E-state index is 0. The van der Waals surface area contributed by atoms with Crippen LogP contribution < -0.4 is 15.8 Å². The summed E-state index contributed by atoms with van der Waals surface area (Å²) in [7, 11) is 1.59. The molecule has 1 fully saturated rings. The molecule has 2 rings (SSSR count). The molecule has 0 spiro atoms. The Balaban J connectivity index is 0.00000200. The van der Waals surface area contributed by atoms with Crippen molar-refractivity contribution in [2.24, 2.45) is 16.6 Å². The van der Waals surface area contributed by atoms with E-state index in [2.05, 4.69) is 17.2 Å². The number of hydrogen-bond acceptors (Lipinski definition) is 2. The Morgan fingerprint density at radius 1 is 1.55 bits per heavy atom. The van der Waals surface area contributed by atoms with Gasteiger partial charge in [0.25, 0.3) is 0 Å². The molecular weight excluding hydrogens is 389 g/mol. The van der Waals surface area contributed by atoms with E-state index in [9.17, 15) is 0 Å². The van der Waals surface area contributed by atoms with Crippen LogP contribution in [0.2, 0.25) is 5.02 Å². The van der Waals surface area contributed by atoms with Gasteiger partial charge in [-0.1, -0.05) is 24.9 Å². The second kappa shape index (κ2) is 7.93. The maximum absolute atomic E-state index is 6.05. The van der Waals surface area contributed by atoms with Gasteiger partial charge in [0.2, 0.25) is 0 Å². The van der Waals surface area contributed by atoms with Gasteiger partial charge in [-0.3, -0.25) is 0 Å². The Morgan fingerprint density at radius 2 is 2.30 bits per heavy atom. The molecule has 1 aromatic carbocycles. The van der Waals surface area contributed by atoms with Gasteiger partial charge in [0.05, 0.1) is 18.2 Å². The first-order valence-corrected chi connectivity index (χ1v) is 6.95. The number of rotatable bonds is 5. The predicted molar refractivity (Wildman–Crippen MR) is 95.5 cm³/mol. The number of benzene rings is 1. The Bertz CT molecular complexity index is 481. The minimum Gasteiger partial charge on any atom is -0.495 e. The normalized spacial score (nSPS) is 21.1. The largest absolute Gasteiger partial charge is 0.495 e. The van der Waals surface area contributed by atoms with E-state index in [1.165, 1.54) is 12.8 Å². The van der Waals surface area contributed by atoms with E-state index >= 15 is 0 Å². The second-order valence-electron chi connectivity index (χ2n) is 4.84. The number of hydrogen-bond donors (Lipinski definition) is 2. The molecule has 1 aromatic rings. The van der Waals surface area contributed by atoms with E-state index in [0.717, 1.165) is 12.1 Å². The number of anilines is 1. The minimum absolute atomic E-state index is 0. The van der Waals surface area contributed by atoms with Crippen LogP contribution in [0.15, 0.2) is 23.2 Å². The van der Waals surface area contributed by atoms with Crippen LogP contribution in [0.3, 0.4) is 0 Å². The van der Waals surface area contributed by atoms with Gasteiger partial charge in [0.15, 0.2) is 5.96 Å². The summed E-state index contributed by atoms with van der Waals surface area (Å²) in [4.78, 5) is 4.47. The van der Waals surface area contributed by atoms with Crippen molar-refractivity contribution < 1.29 is 4.74 Å². The Kier molecular flexibility index (Phi) is 6.88. The van der Waals surface area contributed by atoms with Crippen molar-refractivity contribution >= 4 is 47.2 Å². The molecule has 1 saturated carbocycles.